The van der Waals surface area contributed by atoms with Gasteiger partial charge in [0.2, 0.25) is 0 Å². The monoisotopic (exact) mass is 428 g/mol. The number of hydrogen-bond donors (Lipinski definition) is 1. The number of carbonyl (C=O) groups is 3. The van der Waals surface area contributed by atoms with Crippen molar-refractivity contribution in [2.45, 2.75) is 24.5 Å². The molecule has 0 bridgehead atoms. The summed E-state index contributed by atoms with van der Waals surface area (Å²) in [5.41, 5.74) is 0.192. The normalized spacial score (nSPS) is 10.6. The number of esters is 2. The van der Waals surface area contributed by atoms with Crippen LogP contribution < -0.4 is 15.1 Å². The molecule has 2 aromatic carbocycles. The second-order valence-corrected chi connectivity index (χ2v) is 7.18. The molecule has 0 radical (unpaired) electrons. The number of benzene rings is 2. The van der Waals surface area contributed by atoms with Crippen LogP contribution in [0.15, 0.2) is 56.6 Å². The Hall–Kier alpha value is -3.59. The van der Waals surface area contributed by atoms with Crippen LogP contribution in [0.4, 0.5) is 0 Å². The molecular formula is C21H16O8S. The van der Waals surface area contributed by atoms with Gasteiger partial charge in [-0.3, -0.25) is 9.59 Å². The van der Waals surface area contributed by atoms with Crippen LogP contribution in [0.1, 0.15) is 29.8 Å². The van der Waals surface area contributed by atoms with Gasteiger partial charge in [0.25, 0.3) is 0 Å². The van der Waals surface area contributed by atoms with E-state index in [2.05, 4.69) is 0 Å². The summed E-state index contributed by atoms with van der Waals surface area (Å²) in [4.78, 5) is 46.8. The fraction of sp³-hybridized carbons (Fsp3) is 0.143. The average molecular weight is 428 g/mol. The van der Waals surface area contributed by atoms with Crippen LogP contribution in [0.3, 0.4) is 0 Å². The van der Waals surface area contributed by atoms with Crippen molar-refractivity contribution in [2.24, 2.45) is 0 Å². The number of rotatable bonds is 6. The Balaban J connectivity index is 2.06. The minimum Gasteiger partial charge on any atom is -0.478 e. The smallest absolute Gasteiger partial charge is 0.336 e. The van der Waals surface area contributed by atoms with Gasteiger partial charge in [0, 0.05) is 42.0 Å². The van der Waals surface area contributed by atoms with Crippen LogP contribution in [-0.2, 0) is 15.3 Å². The van der Waals surface area contributed by atoms with E-state index in [0.717, 1.165) is 0 Å². The van der Waals surface area contributed by atoms with Crippen molar-refractivity contribution in [3.63, 3.8) is 0 Å². The van der Waals surface area contributed by atoms with Crippen molar-refractivity contribution in [1.82, 2.24) is 0 Å². The van der Waals surface area contributed by atoms with E-state index in [-0.39, 0.29) is 28.4 Å². The molecule has 0 fully saturated rings. The summed E-state index contributed by atoms with van der Waals surface area (Å²) in [7, 11) is 0. The molecule has 0 unspecified atom stereocenters. The fourth-order valence-electron chi connectivity index (χ4n) is 2.75. The first-order valence-electron chi connectivity index (χ1n) is 8.67. The zero-order valence-corrected chi connectivity index (χ0v) is 16.8. The van der Waals surface area contributed by atoms with Gasteiger partial charge in [-0.15, -0.1) is 11.8 Å². The summed E-state index contributed by atoms with van der Waals surface area (Å²) in [5.74, 6) is -2.13. The lowest BCUT2D eigenvalue weighted by atomic mass is 10.1. The molecule has 8 nitrogen and oxygen atoms in total. The van der Waals surface area contributed by atoms with Gasteiger partial charge in [0.05, 0.1) is 5.56 Å². The fourth-order valence-corrected chi connectivity index (χ4v) is 3.78. The minimum absolute atomic E-state index is 0.00349. The van der Waals surface area contributed by atoms with Crippen molar-refractivity contribution in [1.29, 1.82) is 0 Å². The number of thioether (sulfide) groups is 1. The van der Waals surface area contributed by atoms with Gasteiger partial charge in [-0.2, -0.15) is 0 Å². The standard InChI is InChI=1S/C21H16O8S/c1-11(22)27-17-8-15-13(10-30-19-6-4-3-5-14(19)21(25)26)7-20(24)29-16(15)9-18(17)28-12(2)23/h3-9H,10H2,1-2H3,(H,25,26). The van der Waals surface area contributed by atoms with Gasteiger partial charge < -0.3 is 19.0 Å². The van der Waals surface area contributed by atoms with Gasteiger partial charge in [0.15, 0.2) is 11.5 Å². The number of carboxylic acid groups (broad SMARTS) is 1. The first-order valence-corrected chi connectivity index (χ1v) is 9.66. The SMILES string of the molecule is CC(=O)Oc1cc2oc(=O)cc(CSc3ccccc3C(=O)O)c2cc1OC(C)=O. The summed E-state index contributed by atoms with van der Waals surface area (Å²) in [5, 5.41) is 9.79. The zero-order valence-electron chi connectivity index (χ0n) is 16.0. The first-order chi connectivity index (χ1) is 14.2. The Morgan fingerprint density at radius 1 is 1.00 bits per heavy atom. The van der Waals surface area contributed by atoms with E-state index in [1.54, 1.807) is 18.2 Å². The topological polar surface area (TPSA) is 120 Å². The van der Waals surface area contributed by atoms with Gasteiger partial charge in [-0.05, 0) is 23.8 Å². The maximum atomic E-state index is 12.0. The summed E-state index contributed by atoms with van der Waals surface area (Å²) >= 11 is 1.23. The van der Waals surface area contributed by atoms with E-state index in [1.807, 2.05) is 0 Å². The van der Waals surface area contributed by atoms with E-state index in [4.69, 9.17) is 13.9 Å². The number of carboxylic acids is 1. The van der Waals surface area contributed by atoms with E-state index < -0.39 is 23.5 Å². The van der Waals surface area contributed by atoms with Crippen LogP contribution >= 0.6 is 11.8 Å². The third kappa shape index (κ3) is 4.87. The number of aromatic carboxylic acids is 1. The number of fused-ring (bicyclic) bond motifs is 1. The number of carbonyl (C=O) groups excluding carboxylic acids is 2. The lowest BCUT2D eigenvalue weighted by Crippen LogP contribution is -2.08. The second kappa shape index (κ2) is 8.83. The largest absolute Gasteiger partial charge is 0.478 e. The van der Waals surface area contributed by atoms with Crippen LogP contribution in [0.5, 0.6) is 11.5 Å². The summed E-state index contributed by atoms with van der Waals surface area (Å²) < 4.78 is 15.4. The summed E-state index contributed by atoms with van der Waals surface area (Å²) in [6.45, 7) is 2.39. The molecule has 0 saturated heterocycles. The molecule has 154 valence electrons. The highest BCUT2D eigenvalue weighted by atomic mass is 32.2. The molecule has 0 aliphatic carbocycles. The maximum Gasteiger partial charge on any atom is 0.336 e. The predicted molar refractivity (Wildman–Crippen MR) is 108 cm³/mol. The highest BCUT2D eigenvalue weighted by Crippen LogP contribution is 2.36. The maximum absolute atomic E-state index is 12.0. The molecule has 0 spiro atoms. The van der Waals surface area contributed by atoms with Crippen molar-refractivity contribution >= 4 is 40.6 Å². The lowest BCUT2D eigenvalue weighted by molar-refractivity contribution is -0.134. The lowest BCUT2D eigenvalue weighted by Gasteiger charge is -2.12. The molecule has 0 aliphatic rings. The van der Waals surface area contributed by atoms with E-state index in [0.29, 0.717) is 15.8 Å². The van der Waals surface area contributed by atoms with E-state index >= 15 is 0 Å². The van der Waals surface area contributed by atoms with Crippen molar-refractivity contribution < 1.29 is 33.4 Å². The second-order valence-electron chi connectivity index (χ2n) is 6.16. The van der Waals surface area contributed by atoms with Crippen molar-refractivity contribution in [2.75, 3.05) is 0 Å². The zero-order chi connectivity index (χ0) is 21.8. The minimum atomic E-state index is -1.06. The molecule has 0 atom stereocenters. The Morgan fingerprint density at radius 2 is 1.63 bits per heavy atom. The van der Waals surface area contributed by atoms with Gasteiger partial charge >= 0.3 is 23.5 Å². The Morgan fingerprint density at radius 3 is 2.27 bits per heavy atom. The molecule has 9 heteroatoms. The highest BCUT2D eigenvalue weighted by molar-refractivity contribution is 7.98. The Labute approximate surface area is 174 Å². The summed E-state index contributed by atoms with van der Waals surface area (Å²) in [6, 6.07) is 10.5. The van der Waals surface area contributed by atoms with Gasteiger partial charge in [-0.25, -0.2) is 9.59 Å². The quantitative estimate of drug-likeness (QED) is 0.271. The predicted octanol–water partition coefficient (Wildman–Crippen LogP) is 3.63. The van der Waals surface area contributed by atoms with Gasteiger partial charge in [-0.1, -0.05) is 12.1 Å². The molecular weight excluding hydrogens is 412 g/mol. The van der Waals surface area contributed by atoms with Crippen LogP contribution in [0, 0.1) is 0 Å². The molecule has 1 aromatic heterocycles. The third-order valence-corrected chi connectivity index (χ3v) is 5.02. The third-order valence-electron chi connectivity index (χ3n) is 3.90. The molecule has 1 N–H and O–H groups in total. The van der Waals surface area contributed by atoms with Gasteiger partial charge in [0.1, 0.15) is 5.58 Å². The summed E-state index contributed by atoms with van der Waals surface area (Å²) in [6.07, 6.45) is 0. The van der Waals surface area contributed by atoms with E-state index in [9.17, 15) is 24.3 Å². The molecule has 0 amide bonds. The molecule has 1 heterocycles. The number of hydrogen-bond acceptors (Lipinski definition) is 8. The van der Waals surface area contributed by atoms with Crippen LogP contribution in [-0.4, -0.2) is 23.0 Å². The average Bonchev–Trinajstić information content (AvgIpc) is 2.66. The molecule has 0 aliphatic heterocycles. The highest BCUT2D eigenvalue weighted by Gasteiger charge is 2.17. The first kappa shape index (κ1) is 21.1. The number of ether oxygens (including phenoxy) is 2. The van der Waals surface area contributed by atoms with Crippen LogP contribution in [0.25, 0.3) is 11.0 Å². The molecule has 30 heavy (non-hydrogen) atoms. The molecule has 0 saturated carbocycles. The van der Waals surface area contributed by atoms with Crippen LogP contribution in [0.2, 0.25) is 0 Å². The van der Waals surface area contributed by atoms with Crippen molar-refractivity contribution in [3.8, 4) is 11.5 Å². The van der Waals surface area contributed by atoms with Crippen molar-refractivity contribution in [3.05, 3.63) is 64.0 Å². The van der Waals surface area contributed by atoms with E-state index in [1.165, 1.54) is 49.9 Å². The Kier molecular flexibility index (Phi) is 6.22. The molecule has 3 aromatic rings. The Bertz CT molecular complexity index is 1210. The molecule has 3 rings (SSSR count).